The van der Waals surface area contributed by atoms with Crippen molar-refractivity contribution < 1.29 is 4.92 Å². The van der Waals surface area contributed by atoms with Crippen molar-refractivity contribution >= 4 is 17.6 Å². The van der Waals surface area contributed by atoms with Crippen LogP contribution >= 0.6 is 0 Å². The lowest BCUT2D eigenvalue weighted by atomic mass is 10.2. The average Bonchev–Trinajstić information content (AvgIpc) is 2.16. The summed E-state index contributed by atoms with van der Waals surface area (Å²) in [5, 5.41) is 18.6. The van der Waals surface area contributed by atoms with E-state index in [1.807, 2.05) is 0 Å². The van der Waals surface area contributed by atoms with Gasteiger partial charge in [0.15, 0.2) is 0 Å². The summed E-state index contributed by atoms with van der Waals surface area (Å²) in [6.07, 6.45) is 3.62. The highest BCUT2D eigenvalue weighted by Gasteiger charge is 2.08. The van der Waals surface area contributed by atoms with Crippen LogP contribution in [0.25, 0.3) is 6.08 Å². The molecular formula is C8H6N4O2. The Bertz CT molecular complexity index is 433. The Morgan fingerprint density at radius 2 is 2.43 bits per heavy atom. The Morgan fingerprint density at radius 1 is 1.71 bits per heavy atom. The molecule has 0 radical (unpaired) electrons. The summed E-state index contributed by atoms with van der Waals surface area (Å²) in [5.74, 6) is 0.155. The lowest BCUT2D eigenvalue weighted by Gasteiger charge is -1.97. The summed E-state index contributed by atoms with van der Waals surface area (Å²) in [6, 6.07) is 3.02. The lowest BCUT2D eigenvalue weighted by Crippen LogP contribution is -1.96. The van der Waals surface area contributed by atoms with Gasteiger partial charge in [-0.2, -0.15) is 5.26 Å². The Morgan fingerprint density at radius 3 is 3.00 bits per heavy atom. The van der Waals surface area contributed by atoms with Gasteiger partial charge in [0.05, 0.1) is 11.0 Å². The van der Waals surface area contributed by atoms with Crippen molar-refractivity contribution in [1.82, 2.24) is 4.98 Å². The Hall–Kier alpha value is -2.42. The number of hydrogen-bond donors (Lipinski definition) is 1. The standard InChI is InChI=1S/C8H6N4O2/c9-3-1-2-6-4-7(12(13)14)5-11-8(6)10/h1-2,4-5H,(H2,10,11). The SMILES string of the molecule is N#CC=Cc1cc([N+](=O)[O-])cnc1N. The summed E-state index contributed by atoms with van der Waals surface area (Å²) in [7, 11) is 0. The molecule has 0 fully saturated rings. The molecule has 0 aliphatic heterocycles. The topological polar surface area (TPSA) is 106 Å². The summed E-state index contributed by atoms with van der Waals surface area (Å²) in [4.78, 5) is 13.4. The minimum atomic E-state index is -0.573. The highest BCUT2D eigenvalue weighted by atomic mass is 16.6. The van der Waals surface area contributed by atoms with E-state index in [0.29, 0.717) is 5.56 Å². The zero-order chi connectivity index (χ0) is 10.6. The number of allylic oxidation sites excluding steroid dienone is 1. The van der Waals surface area contributed by atoms with Crippen LogP contribution in [0.4, 0.5) is 11.5 Å². The molecule has 0 atom stereocenters. The van der Waals surface area contributed by atoms with Gasteiger partial charge in [-0.05, 0) is 6.08 Å². The first kappa shape index (κ1) is 9.67. The second kappa shape index (κ2) is 4.00. The zero-order valence-corrected chi connectivity index (χ0v) is 7.04. The van der Waals surface area contributed by atoms with E-state index < -0.39 is 4.92 Å². The van der Waals surface area contributed by atoms with Gasteiger partial charge in [-0.25, -0.2) is 4.98 Å². The highest BCUT2D eigenvalue weighted by Crippen LogP contribution is 2.17. The summed E-state index contributed by atoms with van der Waals surface area (Å²) in [6.45, 7) is 0. The molecule has 0 unspecified atom stereocenters. The van der Waals surface area contributed by atoms with Crippen LogP contribution in [0.15, 0.2) is 18.3 Å². The number of nitrogens with zero attached hydrogens (tertiary/aromatic N) is 3. The number of nitrogens with two attached hydrogens (primary N) is 1. The van der Waals surface area contributed by atoms with Crippen LogP contribution < -0.4 is 5.73 Å². The first-order valence-electron chi connectivity index (χ1n) is 3.61. The van der Waals surface area contributed by atoms with Gasteiger partial charge in [-0.15, -0.1) is 0 Å². The molecule has 0 aliphatic carbocycles. The molecule has 0 saturated heterocycles. The normalized spacial score (nSPS) is 9.93. The van der Waals surface area contributed by atoms with Crippen LogP contribution in [0.1, 0.15) is 5.56 Å². The van der Waals surface area contributed by atoms with E-state index in [1.165, 1.54) is 18.2 Å². The number of anilines is 1. The first-order chi connectivity index (χ1) is 6.65. The Kier molecular flexibility index (Phi) is 2.76. The predicted octanol–water partition coefficient (Wildman–Crippen LogP) is 1.11. The monoisotopic (exact) mass is 190 g/mol. The number of nitriles is 1. The molecule has 14 heavy (non-hydrogen) atoms. The maximum absolute atomic E-state index is 10.4. The van der Waals surface area contributed by atoms with Crippen molar-refractivity contribution in [1.29, 1.82) is 5.26 Å². The van der Waals surface area contributed by atoms with E-state index in [-0.39, 0.29) is 11.5 Å². The van der Waals surface area contributed by atoms with E-state index in [1.54, 1.807) is 6.07 Å². The van der Waals surface area contributed by atoms with Crippen molar-refractivity contribution in [2.45, 2.75) is 0 Å². The number of nitro groups is 1. The van der Waals surface area contributed by atoms with E-state index in [9.17, 15) is 10.1 Å². The van der Waals surface area contributed by atoms with Gasteiger partial charge in [-0.1, -0.05) is 0 Å². The van der Waals surface area contributed by atoms with Crippen LogP contribution in [0.2, 0.25) is 0 Å². The molecule has 0 amide bonds. The molecule has 0 bridgehead atoms. The molecule has 2 N–H and O–H groups in total. The minimum Gasteiger partial charge on any atom is -0.383 e. The number of rotatable bonds is 2. The average molecular weight is 190 g/mol. The fourth-order valence-electron chi connectivity index (χ4n) is 0.841. The molecule has 0 saturated carbocycles. The maximum Gasteiger partial charge on any atom is 0.288 e. The van der Waals surface area contributed by atoms with Crippen LogP contribution in [0.5, 0.6) is 0 Å². The van der Waals surface area contributed by atoms with Gasteiger partial charge in [0, 0.05) is 17.7 Å². The van der Waals surface area contributed by atoms with Gasteiger partial charge in [0.25, 0.3) is 5.69 Å². The fourth-order valence-corrected chi connectivity index (χ4v) is 0.841. The zero-order valence-electron chi connectivity index (χ0n) is 7.04. The van der Waals surface area contributed by atoms with Crippen molar-refractivity contribution in [3.05, 3.63) is 34.0 Å². The Labute approximate surface area is 79.4 Å². The maximum atomic E-state index is 10.4. The number of nitrogen functional groups attached to an aromatic ring is 1. The molecule has 1 heterocycles. The molecule has 6 nitrogen and oxygen atoms in total. The minimum absolute atomic E-state index is 0.155. The molecule has 1 aromatic heterocycles. The second-order valence-corrected chi connectivity index (χ2v) is 2.39. The van der Waals surface area contributed by atoms with Gasteiger partial charge >= 0.3 is 0 Å². The molecule has 1 rings (SSSR count). The third-order valence-electron chi connectivity index (χ3n) is 1.48. The van der Waals surface area contributed by atoms with E-state index in [0.717, 1.165) is 6.20 Å². The smallest absolute Gasteiger partial charge is 0.288 e. The van der Waals surface area contributed by atoms with Crippen molar-refractivity contribution in [3.63, 3.8) is 0 Å². The summed E-state index contributed by atoms with van der Waals surface area (Å²) in [5.41, 5.74) is 5.64. The molecular weight excluding hydrogens is 184 g/mol. The van der Waals surface area contributed by atoms with Crippen LogP contribution in [0.3, 0.4) is 0 Å². The largest absolute Gasteiger partial charge is 0.383 e. The van der Waals surface area contributed by atoms with Crippen LogP contribution in [0, 0.1) is 21.4 Å². The van der Waals surface area contributed by atoms with E-state index in [2.05, 4.69) is 4.98 Å². The number of aromatic nitrogens is 1. The molecule has 6 heteroatoms. The van der Waals surface area contributed by atoms with Gasteiger partial charge < -0.3 is 5.73 Å². The van der Waals surface area contributed by atoms with Crippen molar-refractivity contribution in [2.24, 2.45) is 0 Å². The van der Waals surface area contributed by atoms with E-state index >= 15 is 0 Å². The highest BCUT2D eigenvalue weighted by molar-refractivity contribution is 5.64. The van der Waals surface area contributed by atoms with Crippen LogP contribution in [-0.4, -0.2) is 9.91 Å². The summed E-state index contributed by atoms with van der Waals surface area (Å²) < 4.78 is 0. The first-order valence-corrected chi connectivity index (χ1v) is 3.61. The molecule has 0 aliphatic rings. The molecule has 1 aromatic rings. The van der Waals surface area contributed by atoms with Crippen LogP contribution in [-0.2, 0) is 0 Å². The Balaban J connectivity index is 3.16. The quantitative estimate of drug-likeness (QED) is 0.427. The van der Waals surface area contributed by atoms with E-state index in [4.69, 9.17) is 11.0 Å². The molecule has 0 aromatic carbocycles. The van der Waals surface area contributed by atoms with Crippen molar-refractivity contribution in [3.8, 4) is 6.07 Å². The summed E-state index contributed by atoms with van der Waals surface area (Å²) >= 11 is 0. The lowest BCUT2D eigenvalue weighted by molar-refractivity contribution is -0.385. The van der Waals surface area contributed by atoms with Gasteiger partial charge in [-0.3, -0.25) is 10.1 Å². The van der Waals surface area contributed by atoms with Crippen molar-refractivity contribution in [2.75, 3.05) is 5.73 Å². The molecule has 70 valence electrons. The van der Waals surface area contributed by atoms with Gasteiger partial charge in [0.1, 0.15) is 12.0 Å². The third-order valence-corrected chi connectivity index (χ3v) is 1.48. The third kappa shape index (κ3) is 2.04. The number of pyridine rings is 1. The van der Waals surface area contributed by atoms with Gasteiger partial charge in [0.2, 0.25) is 0 Å². The fraction of sp³-hybridized carbons (Fsp3) is 0. The number of hydrogen-bond acceptors (Lipinski definition) is 5. The predicted molar refractivity (Wildman–Crippen MR) is 50.0 cm³/mol. The second-order valence-electron chi connectivity index (χ2n) is 2.39. The molecule has 0 spiro atoms.